The summed E-state index contributed by atoms with van der Waals surface area (Å²) in [5, 5.41) is 9.42. The molecular formula is C20H17ClN6O. The van der Waals surface area contributed by atoms with Crippen LogP contribution in [0, 0.1) is 5.92 Å². The summed E-state index contributed by atoms with van der Waals surface area (Å²) >= 11 is 6.02. The Balaban J connectivity index is 1.62. The third-order valence-corrected chi connectivity index (χ3v) is 4.69. The van der Waals surface area contributed by atoms with Crippen LogP contribution in [0.5, 0.6) is 0 Å². The highest BCUT2D eigenvalue weighted by atomic mass is 35.5. The van der Waals surface area contributed by atoms with Gasteiger partial charge in [0.2, 0.25) is 5.95 Å². The maximum absolute atomic E-state index is 12.4. The van der Waals surface area contributed by atoms with Crippen LogP contribution in [0.4, 0.5) is 17.5 Å². The molecule has 1 atom stereocenters. The van der Waals surface area contributed by atoms with Crippen molar-refractivity contribution in [2.45, 2.75) is 13.8 Å². The number of hydrogen-bond acceptors (Lipinski definition) is 6. The van der Waals surface area contributed by atoms with E-state index in [0.29, 0.717) is 22.5 Å². The van der Waals surface area contributed by atoms with E-state index in [0.717, 1.165) is 17.0 Å². The maximum atomic E-state index is 12.4. The van der Waals surface area contributed by atoms with Gasteiger partial charge in [0.25, 0.3) is 5.91 Å². The number of amides is 1. The van der Waals surface area contributed by atoms with Crippen molar-refractivity contribution < 1.29 is 4.79 Å². The number of aromatic nitrogens is 3. The fourth-order valence-electron chi connectivity index (χ4n) is 2.79. The Morgan fingerprint density at radius 3 is 2.68 bits per heavy atom. The van der Waals surface area contributed by atoms with E-state index in [4.69, 9.17) is 11.6 Å². The molecule has 0 saturated carbocycles. The third-order valence-electron chi connectivity index (χ3n) is 4.46. The Kier molecular flexibility index (Phi) is 4.75. The molecule has 1 aromatic carbocycles. The van der Waals surface area contributed by atoms with Gasteiger partial charge in [-0.15, -0.1) is 0 Å². The van der Waals surface area contributed by atoms with Gasteiger partial charge in [0, 0.05) is 34.4 Å². The van der Waals surface area contributed by atoms with Crippen molar-refractivity contribution >= 4 is 40.7 Å². The molecule has 1 N–H and O–H groups in total. The van der Waals surface area contributed by atoms with Crippen molar-refractivity contribution in [3.8, 4) is 11.3 Å². The molecule has 8 heteroatoms. The van der Waals surface area contributed by atoms with Gasteiger partial charge >= 0.3 is 0 Å². The van der Waals surface area contributed by atoms with E-state index >= 15 is 0 Å². The Hall–Kier alpha value is -3.32. The van der Waals surface area contributed by atoms with Crippen LogP contribution in [-0.2, 0) is 4.79 Å². The molecule has 0 fully saturated rings. The summed E-state index contributed by atoms with van der Waals surface area (Å²) in [6, 6.07) is 12.7. The largest absolute Gasteiger partial charge is 0.324 e. The van der Waals surface area contributed by atoms with Gasteiger partial charge in [0.1, 0.15) is 0 Å². The van der Waals surface area contributed by atoms with Crippen molar-refractivity contribution in [1.82, 2.24) is 15.0 Å². The van der Waals surface area contributed by atoms with Gasteiger partial charge in [-0.3, -0.25) is 4.79 Å². The molecule has 1 amide bonds. The van der Waals surface area contributed by atoms with E-state index in [1.807, 2.05) is 32.0 Å². The van der Waals surface area contributed by atoms with E-state index in [9.17, 15) is 4.79 Å². The number of rotatable bonds is 4. The highest BCUT2D eigenvalue weighted by molar-refractivity contribution is 6.30. The van der Waals surface area contributed by atoms with Gasteiger partial charge in [0.05, 0.1) is 11.6 Å². The fraction of sp³-hybridized carbons (Fsp3) is 0.150. The number of anilines is 3. The summed E-state index contributed by atoms with van der Waals surface area (Å²) in [4.78, 5) is 25.5. The molecule has 0 bridgehead atoms. The second-order valence-electron chi connectivity index (χ2n) is 6.42. The van der Waals surface area contributed by atoms with Crippen molar-refractivity contribution in [3.05, 3.63) is 59.9 Å². The molecule has 0 aliphatic carbocycles. The molecule has 0 spiro atoms. The van der Waals surface area contributed by atoms with Crippen LogP contribution < -0.4 is 10.3 Å². The predicted octanol–water partition coefficient (Wildman–Crippen LogP) is 4.29. The number of carbonyl (C=O) groups is 1. The third kappa shape index (κ3) is 3.57. The number of benzene rings is 1. The SMILES string of the molecule is CC1=NN(c2cc(-c3ccnc(Nc4cccc(Cl)c4)n3)ccn2)C(=O)C1C. The number of hydrazone groups is 1. The van der Waals surface area contributed by atoms with E-state index < -0.39 is 0 Å². The molecule has 140 valence electrons. The van der Waals surface area contributed by atoms with Crippen LogP contribution in [0.25, 0.3) is 11.3 Å². The standard InChI is InChI=1S/C20H17ClN6O/c1-12-13(2)26-27(19(12)28)18-10-14(6-8-22-18)17-7-9-23-20(25-17)24-16-5-3-4-15(21)11-16/h3-12H,1-2H3,(H,23,24,25). The van der Waals surface area contributed by atoms with Gasteiger partial charge in [-0.25, -0.2) is 15.0 Å². The predicted molar refractivity (Wildman–Crippen MR) is 110 cm³/mol. The number of pyridine rings is 1. The first-order chi connectivity index (χ1) is 13.5. The van der Waals surface area contributed by atoms with Crippen LogP contribution in [0.3, 0.4) is 0 Å². The van der Waals surface area contributed by atoms with Crippen LogP contribution in [-0.4, -0.2) is 26.6 Å². The van der Waals surface area contributed by atoms with Crippen LogP contribution >= 0.6 is 11.6 Å². The topological polar surface area (TPSA) is 83.4 Å². The minimum atomic E-state index is -0.238. The molecule has 2 aromatic heterocycles. The number of nitrogens with zero attached hydrogens (tertiary/aromatic N) is 5. The summed E-state index contributed by atoms with van der Waals surface area (Å²) in [6.45, 7) is 3.67. The van der Waals surface area contributed by atoms with Gasteiger partial charge in [0.15, 0.2) is 5.82 Å². The lowest BCUT2D eigenvalue weighted by Gasteiger charge is -2.13. The van der Waals surface area contributed by atoms with Crippen molar-refractivity contribution in [2.75, 3.05) is 10.3 Å². The monoisotopic (exact) mass is 392 g/mol. The second kappa shape index (κ2) is 7.36. The van der Waals surface area contributed by atoms with Crippen molar-refractivity contribution in [1.29, 1.82) is 0 Å². The first kappa shape index (κ1) is 18.1. The average molecular weight is 393 g/mol. The summed E-state index contributed by atoms with van der Waals surface area (Å²) in [7, 11) is 0. The highest BCUT2D eigenvalue weighted by Gasteiger charge is 2.31. The molecule has 3 aromatic rings. The summed E-state index contributed by atoms with van der Waals surface area (Å²) in [5.41, 5.74) is 3.07. The fourth-order valence-corrected chi connectivity index (χ4v) is 2.98. The molecule has 1 aliphatic heterocycles. The second-order valence-corrected chi connectivity index (χ2v) is 6.85. The Labute approximate surface area is 167 Å². The Morgan fingerprint density at radius 1 is 1.11 bits per heavy atom. The molecule has 1 unspecified atom stereocenters. The normalized spacial score (nSPS) is 16.2. The smallest absolute Gasteiger partial charge is 0.257 e. The Bertz CT molecular complexity index is 1080. The lowest BCUT2D eigenvalue weighted by molar-refractivity contribution is -0.119. The first-order valence-corrected chi connectivity index (χ1v) is 9.10. The summed E-state index contributed by atoms with van der Waals surface area (Å²) in [5.74, 6) is 0.582. The maximum Gasteiger partial charge on any atom is 0.257 e. The zero-order valence-corrected chi connectivity index (χ0v) is 16.1. The van der Waals surface area contributed by atoms with E-state index in [1.165, 1.54) is 5.01 Å². The molecule has 7 nitrogen and oxygen atoms in total. The molecule has 3 heterocycles. The quantitative estimate of drug-likeness (QED) is 0.715. The van der Waals surface area contributed by atoms with E-state index in [1.54, 1.807) is 36.7 Å². The van der Waals surface area contributed by atoms with Crippen LogP contribution in [0.1, 0.15) is 13.8 Å². The molecule has 28 heavy (non-hydrogen) atoms. The lowest BCUT2D eigenvalue weighted by Crippen LogP contribution is -2.25. The lowest BCUT2D eigenvalue weighted by atomic mass is 10.1. The summed E-state index contributed by atoms with van der Waals surface area (Å²) in [6.07, 6.45) is 3.30. The minimum absolute atomic E-state index is 0.0897. The van der Waals surface area contributed by atoms with Gasteiger partial charge in [-0.2, -0.15) is 10.1 Å². The summed E-state index contributed by atoms with van der Waals surface area (Å²) < 4.78 is 0. The molecule has 1 aliphatic rings. The average Bonchev–Trinajstić information content (AvgIpc) is 2.96. The van der Waals surface area contributed by atoms with Crippen molar-refractivity contribution in [3.63, 3.8) is 0 Å². The molecule has 4 rings (SSSR count). The number of halogens is 1. The minimum Gasteiger partial charge on any atom is -0.324 e. The zero-order chi connectivity index (χ0) is 19.7. The van der Waals surface area contributed by atoms with Gasteiger partial charge in [-0.1, -0.05) is 17.7 Å². The van der Waals surface area contributed by atoms with Gasteiger partial charge in [-0.05, 0) is 50.2 Å². The molecule has 0 saturated heterocycles. The number of nitrogens with one attached hydrogen (secondary N) is 1. The van der Waals surface area contributed by atoms with Gasteiger partial charge < -0.3 is 5.32 Å². The molecule has 0 radical (unpaired) electrons. The number of hydrogen-bond donors (Lipinski definition) is 1. The van der Waals surface area contributed by atoms with Crippen molar-refractivity contribution in [2.24, 2.45) is 11.0 Å². The zero-order valence-electron chi connectivity index (χ0n) is 15.3. The first-order valence-electron chi connectivity index (χ1n) is 8.72. The van der Waals surface area contributed by atoms with Crippen LogP contribution in [0.2, 0.25) is 5.02 Å². The van der Waals surface area contributed by atoms with E-state index in [-0.39, 0.29) is 11.8 Å². The van der Waals surface area contributed by atoms with Crippen LogP contribution in [0.15, 0.2) is 60.0 Å². The van der Waals surface area contributed by atoms with E-state index in [2.05, 4.69) is 25.4 Å². The Morgan fingerprint density at radius 2 is 1.93 bits per heavy atom. The molecular weight excluding hydrogens is 376 g/mol. The number of carbonyl (C=O) groups excluding carboxylic acids is 1. The highest BCUT2D eigenvalue weighted by Crippen LogP contribution is 2.26.